The van der Waals surface area contributed by atoms with Crippen LogP contribution in [0.1, 0.15) is 17.5 Å². The second-order valence-electron chi connectivity index (χ2n) is 4.32. The Morgan fingerprint density at radius 1 is 1.40 bits per heavy atom. The highest BCUT2D eigenvalue weighted by Crippen LogP contribution is 2.05. The van der Waals surface area contributed by atoms with Crippen molar-refractivity contribution in [2.75, 3.05) is 0 Å². The normalized spacial score (nSPS) is 12.1. The van der Waals surface area contributed by atoms with Crippen LogP contribution in [0.4, 0.5) is 0 Å². The molecule has 6 heteroatoms. The van der Waals surface area contributed by atoms with Gasteiger partial charge in [-0.3, -0.25) is 9.59 Å². The first-order valence-corrected chi connectivity index (χ1v) is 5.95. The fraction of sp³-hybridized carbons (Fsp3) is 0.214. The van der Waals surface area contributed by atoms with Crippen molar-refractivity contribution < 1.29 is 19.5 Å². The van der Waals surface area contributed by atoms with Crippen LogP contribution in [-0.2, 0) is 14.4 Å². The zero-order valence-electron chi connectivity index (χ0n) is 11.0. The molecule has 0 aliphatic heterocycles. The van der Waals surface area contributed by atoms with Crippen LogP contribution >= 0.6 is 0 Å². The number of carboxylic acid groups (broad SMARTS) is 1. The minimum atomic E-state index is -1.32. The van der Waals surface area contributed by atoms with Gasteiger partial charge < -0.3 is 16.2 Å². The summed E-state index contributed by atoms with van der Waals surface area (Å²) in [5.74, 6) is -2.69. The number of hydrogen-bond acceptors (Lipinski definition) is 3. The molecule has 0 unspecified atom stereocenters. The molecule has 0 aliphatic rings. The third-order valence-electron chi connectivity index (χ3n) is 2.49. The van der Waals surface area contributed by atoms with Gasteiger partial charge in [0.1, 0.15) is 6.04 Å². The Balaban J connectivity index is 2.66. The first-order valence-electron chi connectivity index (χ1n) is 5.95. The lowest BCUT2D eigenvalue weighted by Crippen LogP contribution is -2.42. The summed E-state index contributed by atoms with van der Waals surface area (Å²) in [6.07, 6.45) is 2.33. The van der Waals surface area contributed by atoms with Gasteiger partial charge in [0.15, 0.2) is 0 Å². The van der Waals surface area contributed by atoms with E-state index in [1.54, 1.807) is 6.08 Å². The molecular weight excluding hydrogens is 260 g/mol. The van der Waals surface area contributed by atoms with E-state index in [1.807, 2.05) is 31.2 Å². The van der Waals surface area contributed by atoms with Gasteiger partial charge in [0.25, 0.3) is 0 Å². The standard InChI is InChI=1S/C14H16N2O4/c1-9-3-2-4-10(7-9)5-6-13(18)16-11(14(19)20)8-12(15)17/h2-7,11H,8H2,1H3,(H2,15,17)(H,16,18)(H,19,20)/t11-/m0/s1. The van der Waals surface area contributed by atoms with Gasteiger partial charge >= 0.3 is 5.97 Å². The van der Waals surface area contributed by atoms with Crippen molar-refractivity contribution in [3.63, 3.8) is 0 Å². The number of carboxylic acids is 1. The summed E-state index contributed by atoms with van der Waals surface area (Å²) in [7, 11) is 0. The minimum absolute atomic E-state index is 0.445. The molecule has 1 aromatic carbocycles. The molecule has 0 aliphatic carbocycles. The molecule has 0 aromatic heterocycles. The summed E-state index contributed by atoms with van der Waals surface area (Å²) in [5, 5.41) is 11.1. The van der Waals surface area contributed by atoms with E-state index in [2.05, 4.69) is 5.32 Å². The molecule has 0 spiro atoms. The SMILES string of the molecule is Cc1cccc(C=CC(=O)N[C@@H](CC(N)=O)C(=O)O)c1. The Bertz CT molecular complexity index is 552. The average molecular weight is 276 g/mol. The highest BCUT2D eigenvalue weighted by Gasteiger charge is 2.20. The van der Waals surface area contributed by atoms with E-state index >= 15 is 0 Å². The van der Waals surface area contributed by atoms with Crippen LogP contribution in [-0.4, -0.2) is 28.9 Å². The zero-order valence-corrected chi connectivity index (χ0v) is 11.0. The number of rotatable bonds is 6. The van der Waals surface area contributed by atoms with Gasteiger partial charge in [-0.1, -0.05) is 29.8 Å². The molecule has 0 bridgehead atoms. The predicted octanol–water partition coefficient (Wildman–Crippen LogP) is 0.453. The maximum atomic E-state index is 11.6. The van der Waals surface area contributed by atoms with Crippen molar-refractivity contribution in [1.29, 1.82) is 0 Å². The summed E-state index contributed by atoms with van der Waals surface area (Å²) in [6, 6.07) is 6.14. The van der Waals surface area contributed by atoms with E-state index in [0.29, 0.717) is 0 Å². The monoisotopic (exact) mass is 276 g/mol. The first kappa shape index (κ1) is 15.4. The van der Waals surface area contributed by atoms with Crippen molar-refractivity contribution >= 4 is 23.9 Å². The van der Waals surface area contributed by atoms with Gasteiger partial charge in [-0.05, 0) is 18.6 Å². The smallest absolute Gasteiger partial charge is 0.326 e. The highest BCUT2D eigenvalue weighted by molar-refractivity contribution is 5.95. The maximum Gasteiger partial charge on any atom is 0.326 e. The number of nitrogens with one attached hydrogen (secondary N) is 1. The van der Waals surface area contributed by atoms with Crippen molar-refractivity contribution in [1.82, 2.24) is 5.32 Å². The molecule has 1 rings (SSSR count). The van der Waals surface area contributed by atoms with E-state index in [0.717, 1.165) is 11.1 Å². The van der Waals surface area contributed by atoms with Gasteiger partial charge in [0.05, 0.1) is 6.42 Å². The van der Waals surface area contributed by atoms with Gasteiger partial charge in [-0.15, -0.1) is 0 Å². The largest absolute Gasteiger partial charge is 0.480 e. The molecule has 1 aromatic rings. The van der Waals surface area contributed by atoms with E-state index in [1.165, 1.54) is 6.08 Å². The molecule has 4 N–H and O–H groups in total. The number of primary amides is 1. The number of aliphatic carboxylic acids is 1. The topological polar surface area (TPSA) is 109 Å². The number of nitrogens with two attached hydrogens (primary N) is 1. The van der Waals surface area contributed by atoms with E-state index < -0.39 is 30.2 Å². The van der Waals surface area contributed by atoms with Crippen LogP contribution in [0.2, 0.25) is 0 Å². The van der Waals surface area contributed by atoms with Crippen LogP contribution in [0.3, 0.4) is 0 Å². The van der Waals surface area contributed by atoms with E-state index in [-0.39, 0.29) is 0 Å². The number of carbonyl (C=O) groups is 3. The number of benzene rings is 1. The quantitative estimate of drug-likeness (QED) is 0.655. The minimum Gasteiger partial charge on any atom is -0.480 e. The second-order valence-corrected chi connectivity index (χ2v) is 4.32. The highest BCUT2D eigenvalue weighted by atomic mass is 16.4. The average Bonchev–Trinajstić information content (AvgIpc) is 2.35. The van der Waals surface area contributed by atoms with Crippen LogP contribution in [0.25, 0.3) is 6.08 Å². The molecule has 0 fully saturated rings. The number of aryl methyl sites for hydroxylation is 1. The maximum absolute atomic E-state index is 11.6. The Kier molecular flexibility index (Phi) is 5.46. The van der Waals surface area contributed by atoms with Crippen LogP contribution in [0.15, 0.2) is 30.3 Å². The lowest BCUT2D eigenvalue weighted by molar-refractivity contribution is -0.142. The molecule has 2 amide bonds. The molecule has 106 valence electrons. The van der Waals surface area contributed by atoms with Crippen LogP contribution < -0.4 is 11.1 Å². The third-order valence-corrected chi connectivity index (χ3v) is 2.49. The Morgan fingerprint density at radius 3 is 2.65 bits per heavy atom. The molecule has 20 heavy (non-hydrogen) atoms. The molecule has 0 heterocycles. The molecule has 0 saturated carbocycles. The summed E-state index contributed by atoms with van der Waals surface area (Å²) >= 11 is 0. The van der Waals surface area contributed by atoms with E-state index in [4.69, 9.17) is 10.8 Å². The summed E-state index contributed by atoms with van der Waals surface area (Å²) in [5.41, 5.74) is 6.78. The Labute approximate surface area is 116 Å². The van der Waals surface area contributed by atoms with Crippen molar-refractivity contribution in [3.8, 4) is 0 Å². The van der Waals surface area contributed by atoms with Gasteiger partial charge in [-0.25, -0.2) is 4.79 Å². The molecule has 0 saturated heterocycles. The van der Waals surface area contributed by atoms with Crippen LogP contribution in [0, 0.1) is 6.92 Å². The first-order chi connectivity index (χ1) is 9.38. The van der Waals surface area contributed by atoms with Crippen molar-refractivity contribution in [3.05, 3.63) is 41.5 Å². The molecular formula is C14H16N2O4. The Hall–Kier alpha value is -2.63. The molecule has 6 nitrogen and oxygen atoms in total. The van der Waals surface area contributed by atoms with Crippen LogP contribution in [0.5, 0.6) is 0 Å². The number of carbonyl (C=O) groups excluding carboxylic acids is 2. The summed E-state index contributed by atoms with van der Waals surface area (Å²) in [6.45, 7) is 1.92. The summed E-state index contributed by atoms with van der Waals surface area (Å²) < 4.78 is 0. The number of amides is 2. The zero-order chi connectivity index (χ0) is 15.1. The molecule has 0 radical (unpaired) electrons. The van der Waals surface area contributed by atoms with Gasteiger partial charge in [-0.2, -0.15) is 0 Å². The lowest BCUT2D eigenvalue weighted by Gasteiger charge is -2.10. The predicted molar refractivity (Wildman–Crippen MR) is 73.6 cm³/mol. The van der Waals surface area contributed by atoms with Gasteiger partial charge in [0, 0.05) is 6.08 Å². The van der Waals surface area contributed by atoms with Crippen molar-refractivity contribution in [2.45, 2.75) is 19.4 Å². The second kappa shape index (κ2) is 7.08. The third kappa shape index (κ3) is 5.34. The fourth-order valence-electron chi connectivity index (χ4n) is 1.57. The molecule has 1 atom stereocenters. The van der Waals surface area contributed by atoms with E-state index in [9.17, 15) is 14.4 Å². The van der Waals surface area contributed by atoms with Crippen molar-refractivity contribution in [2.24, 2.45) is 5.73 Å². The fourth-order valence-corrected chi connectivity index (χ4v) is 1.57. The Morgan fingerprint density at radius 2 is 2.10 bits per heavy atom. The van der Waals surface area contributed by atoms with Gasteiger partial charge in [0.2, 0.25) is 11.8 Å². The number of hydrogen-bond donors (Lipinski definition) is 3. The lowest BCUT2D eigenvalue weighted by atomic mass is 10.1. The summed E-state index contributed by atoms with van der Waals surface area (Å²) in [4.78, 5) is 33.1.